The lowest BCUT2D eigenvalue weighted by molar-refractivity contribution is 0.403. The van der Waals surface area contributed by atoms with Crippen molar-refractivity contribution in [3.8, 4) is 0 Å². The Kier molecular flexibility index (Phi) is 7.14. The Hall–Kier alpha value is 0.220. The molecule has 4 nitrogen and oxygen atoms in total. The van der Waals surface area contributed by atoms with Gasteiger partial charge in [0, 0.05) is 29.6 Å². The zero-order valence-electron chi connectivity index (χ0n) is 12.6. The number of hydrogen-bond acceptors (Lipinski definition) is 4. The van der Waals surface area contributed by atoms with Crippen LogP contribution in [0.4, 0.5) is 0 Å². The molecule has 0 radical (unpaired) electrons. The molecular formula is C13H28N2O2S2. The molecule has 0 aromatic carbocycles. The fourth-order valence-corrected chi connectivity index (χ4v) is 5.53. The fraction of sp³-hybridized carbons (Fsp3) is 1.00. The Balaban J connectivity index is 2.34. The van der Waals surface area contributed by atoms with Crippen molar-refractivity contribution in [3.05, 3.63) is 0 Å². The molecule has 1 rings (SSSR count). The summed E-state index contributed by atoms with van der Waals surface area (Å²) >= 11 is 1.88. The third kappa shape index (κ3) is 6.47. The Labute approximate surface area is 122 Å². The Morgan fingerprint density at radius 1 is 1.21 bits per heavy atom. The van der Waals surface area contributed by atoms with Crippen molar-refractivity contribution in [1.29, 1.82) is 0 Å². The van der Waals surface area contributed by atoms with Crippen LogP contribution in [0.2, 0.25) is 0 Å². The summed E-state index contributed by atoms with van der Waals surface area (Å²) in [5, 5.41) is 4.12. The van der Waals surface area contributed by atoms with E-state index in [9.17, 15) is 8.42 Å². The quantitative estimate of drug-likeness (QED) is 0.730. The molecule has 114 valence electrons. The van der Waals surface area contributed by atoms with E-state index in [1.54, 1.807) is 4.31 Å². The summed E-state index contributed by atoms with van der Waals surface area (Å²) in [7, 11) is -3.06. The molecule has 1 heterocycles. The number of sulfonamides is 1. The number of nitrogens with zero attached hydrogens (tertiary/aromatic N) is 1. The monoisotopic (exact) mass is 308 g/mol. The maximum absolute atomic E-state index is 12.3. The van der Waals surface area contributed by atoms with E-state index in [-0.39, 0.29) is 5.75 Å². The molecular weight excluding hydrogens is 280 g/mol. The topological polar surface area (TPSA) is 49.4 Å². The van der Waals surface area contributed by atoms with Crippen molar-refractivity contribution in [1.82, 2.24) is 9.62 Å². The van der Waals surface area contributed by atoms with Gasteiger partial charge in [0.2, 0.25) is 10.0 Å². The van der Waals surface area contributed by atoms with Gasteiger partial charge in [0.1, 0.15) is 0 Å². The number of thioether (sulfide) groups is 1. The average molecular weight is 309 g/mol. The zero-order chi connectivity index (χ0) is 14.5. The lowest BCUT2D eigenvalue weighted by atomic mass is 10.3. The number of hydrogen-bond donors (Lipinski definition) is 1. The van der Waals surface area contributed by atoms with E-state index in [2.05, 4.69) is 33.0 Å². The van der Waals surface area contributed by atoms with Crippen LogP contribution in [-0.2, 0) is 10.0 Å². The highest BCUT2D eigenvalue weighted by atomic mass is 32.2. The SMILES string of the molecule is CC(C)NCCCCS(=O)(=O)N1CC(C)SC(C)C1. The number of unbranched alkanes of at least 4 members (excludes halogenated alkanes) is 1. The first kappa shape index (κ1) is 17.3. The summed E-state index contributed by atoms with van der Waals surface area (Å²) in [4.78, 5) is 0. The van der Waals surface area contributed by atoms with E-state index in [0.717, 1.165) is 19.4 Å². The Morgan fingerprint density at radius 3 is 2.32 bits per heavy atom. The molecule has 0 aromatic heterocycles. The molecule has 0 aromatic rings. The predicted octanol–water partition coefficient (Wildman–Crippen LogP) is 1.92. The van der Waals surface area contributed by atoms with Crippen LogP contribution >= 0.6 is 11.8 Å². The predicted molar refractivity (Wildman–Crippen MR) is 84.2 cm³/mol. The highest BCUT2D eigenvalue weighted by molar-refractivity contribution is 8.00. The smallest absolute Gasteiger partial charge is 0.214 e. The highest BCUT2D eigenvalue weighted by Gasteiger charge is 2.30. The molecule has 0 spiro atoms. The van der Waals surface area contributed by atoms with Crippen molar-refractivity contribution < 1.29 is 8.42 Å². The number of rotatable bonds is 7. The van der Waals surface area contributed by atoms with Gasteiger partial charge in [0.25, 0.3) is 0 Å². The molecule has 2 atom stereocenters. The maximum atomic E-state index is 12.3. The number of nitrogens with one attached hydrogen (secondary N) is 1. The van der Waals surface area contributed by atoms with Crippen LogP contribution in [0.25, 0.3) is 0 Å². The van der Waals surface area contributed by atoms with Gasteiger partial charge >= 0.3 is 0 Å². The molecule has 0 amide bonds. The van der Waals surface area contributed by atoms with Crippen LogP contribution in [0.1, 0.15) is 40.5 Å². The van der Waals surface area contributed by atoms with Crippen molar-refractivity contribution in [2.24, 2.45) is 0 Å². The van der Waals surface area contributed by atoms with Gasteiger partial charge in [-0.25, -0.2) is 8.42 Å². The van der Waals surface area contributed by atoms with Gasteiger partial charge in [0.15, 0.2) is 0 Å². The second kappa shape index (κ2) is 7.86. The van der Waals surface area contributed by atoms with Crippen LogP contribution in [-0.4, -0.2) is 54.7 Å². The first-order chi connectivity index (χ1) is 8.81. The minimum atomic E-state index is -3.06. The van der Waals surface area contributed by atoms with Gasteiger partial charge in [0.05, 0.1) is 5.75 Å². The van der Waals surface area contributed by atoms with Crippen molar-refractivity contribution in [2.75, 3.05) is 25.4 Å². The van der Waals surface area contributed by atoms with Crippen LogP contribution in [0.5, 0.6) is 0 Å². The first-order valence-electron chi connectivity index (χ1n) is 7.18. The minimum Gasteiger partial charge on any atom is -0.315 e. The van der Waals surface area contributed by atoms with Gasteiger partial charge in [-0.2, -0.15) is 16.1 Å². The van der Waals surface area contributed by atoms with Gasteiger partial charge in [-0.1, -0.05) is 27.7 Å². The van der Waals surface area contributed by atoms with Crippen molar-refractivity contribution in [3.63, 3.8) is 0 Å². The second-order valence-corrected chi connectivity index (χ2v) is 9.68. The molecule has 19 heavy (non-hydrogen) atoms. The van der Waals surface area contributed by atoms with E-state index in [4.69, 9.17) is 0 Å². The molecule has 1 fully saturated rings. The third-order valence-corrected chi connectivity index (χ3v) is 6.28. The molecule has 0 bridgehead atoms. The first-order valence-corrected chi connectivity index (χ1v) is 9.73. The normalized spacial score (nSPS) is 25.9. The summed E-state index contributed by atoms with van der Waals surface area (Å²) in [6, 6.07) is 0.470. The second-order valence-electron chi connectivity index (χ2n) is 5.71. The summed E-state index contributed by atoms with van der Waals surface area (Å²) in [5.74, 6) is 0.289. The van der Waals surface area contributed by atoms with E-state index in [0.29, 0.717) is 29.6 Å². The van der Waals surface area contributed by atoms with E-state index in [1.165, 1.54) is 0 Å². The molecule has 1 saturated heterocycles. The van der Waals surface area contributed by atoms with E-state index < -0.39 is 10.0 Å². The van der Waals surface area contributed by atoms with E-state index >= 15 is 0 Å². The molecule has 1 aliphatic heterocycles. The molecule has 0 saturated carbocycles. The Bertz CT molecular complexity index is 348. The van der Waals surface area contributed by atoms with Crippen LogP contribution < -0.4 is 5.32 Å². The fourth-order valence-electron chi connectivity index (χ4n) is 2.29. The average Bonchev–Trinajstić information content (AvgIpc) is 2.26. The largest absolute Gasteiger partial charge is 0.315 e. The lowest BCUT2D eigenvalue weighted by Gasteiger charge is -2.33. The lowest BCUT2D eigenvalue weighted by Crippen LogP contribution is -2.44. The molecule has 0 aliphatic carbocycles. The van der Waals surface area contributed by atoms with Gasteiger partial charge in [-0.05, 0) is 19.4 Å². The molecule has 1 N–H and O–H groups in total. The van der Waals surface area contributed by atoms with Gasteiger partial charge < -0.3 is 5.32 Å². The molecule has 1 aliphatic rings. The molecule has 2 unspecified atom stereocenters. The summed E-state index contributed by atoms with van der Waals surface area (Å²) < 4.78 is 26.2. The zero-order valence-corrected chi connectivity index (χ0v) is 14.2. The Morgan fingerprint density at radius 2 is 1.79 bits per heavy atom. The molecule has 6 heteroatoms. The standard InChI is InChI=1S/C13H28N2O2S2/c1-11(2)14-7-5-6-8-19(16,17)15-9-12(3)18-13(4)10-15/h11-14H,5-10H2,1-4H3. The minimum absolute atomic E-state index is 0.289. The van der Waals surface area contributed by atoms with Crippen molar-refractivity contribution in [2.45, 2.75) is 57.1 Å². The summed E-state index contributed by atoms with van der Waals surface area (Å²) in [6.45, 7) is 10.7. The highest BCUT2D eigenvalue weighted by Crippen LogP contribution is 2.26. The summed E-state index contributed by atoms with van der Waals surface area (Å²) in [5.41, 5.74) is 0. The van der Waals surface area contributed by atoms with Crippen LogP contribution in [0, 0.1) is 0 Å². The van der Waals surface area contributed by atoms with Gasteiger partial charge in [-0.15, -0.1) is 0 Å². The van der Waals surface area contributed by atoms with E-state index in [1.807, 2.05) is 11.8 Å². The maximum Gasteiger partial charge on any atom is 0.214 e. The summed E-state index contributed by atoms with van der Waals surface area (Å²) in [6.07, 6.45) is 1.67. The van der Waals surface area contributed by atoms with Gasteiger partial charge in [-0.3, -0.25) is 0 Å². The van der Waals surface area contributed by atoms with Crippen LogP contribution in [0.15, 0.2) is 0 Å². The third-order valence-electron chi connectivity index (χ3n) is 3.16. The van der Waals surface area contributed by atoms with Crippen LogP contribution in [0.3, 0.4) is 0 Å². The van der Waals surface area contributed by atoms with Crippen molar-refractivity contribution >= 4 is 21.8 Å².